The van der Waals surface area contributed by atoms with E-state index in [-0.39, 0.29) is 18.0 Å². The summed E-state index contributed by atoms with van der Waals surface area (Å²) in [6.07, 6.45) is 0. The number of ether oxygens (including phenoxy) is 3. The van der Waals surface area contributed by atoms with Crippen LogP contribution in [0, 0.1) is 0 Å². The lowest BCUT2D eigenvalue weighted by molar-refractivity contribution is 0.397. The maximum Gasteiger partial charge on any atom is 0.244 e. The Morgan fingerprint density at radius 1 is 0.721 bits per heavy atom. The summed E-state index contributed by atoms with van der Waals surface area (Å²) in [4.78, 5) is 0.0784. The molecule has 4 aromatic carbocycles. The van der Waals surface area contributed by atoms with Crippen LogP contribution in [0.25, 0.3) is 11.4 Å². The molecule has 0 atom stereocenters. The highest BCUT2D eigenvalue weighted by atomic mass is 79.9. The van der Waals surface area contributed by atoms with Crippen molar-refractivity contribution in [3.63, 3.8) is 0 Å². The maximum atomic E-state index is 14.6. The fraction of sp³-hybridized carbons (Fsp3) is 0.194. The van der Waals surface area contributed by atoms with Crippen LogP contribution in [-0.4, -0.2) is 54.3 Å². The molecule has 43 heavy (non-hydrogen) atoms. The van der Waals surface area contributed by atoms with Gasteiger partial charge in [0.05, 0.1) is 38.3 Å². The molecule has 0 bridgehead atoms. The van der Waals surface area contributed by atoms with Gasteiger partial charge in [0.1, 0.15) is 17.2 Å². The molecule has 222 valence electrons. The molecule has 0 aliphatic carbocycles. The molecule has 0 fully saturated rings. The summed E-state index contributed by atoms with van der Waals surface area (Å²) < 4.78 is 48.5. The van der Waals surface area contributed by atoms with Crippen molar-refractivity contribution in [1.29, 1.82) is 0 Å². The van der Waals surface area contributed by atoms with Gasteiger partial charge in [0.25, 0.3) is 0 Å². The second-order valence-electron chi connectivity index (χ2n) is 9.59. The SMILES string of the molecule is COc1ccc(CN(Cc2ccc(OC)cc2)S(=O)(=O)c2cccc(Br)c2-c2nnnn2Cc2ccc(OC)cc2)cc1. The molecule has 10 nitrogen and oxygen atoms in total. The molecular weight excluding hydrogens is 634 g/mol. The van der Waals surface area contributed by atoms with E-state index < -0.39 is 10.0 Å². The standard InChI is InChI=1S/C31H30BrN5O5S/c1-40-25-13-7-22(8-14-25)19-36(20-23-9-15-26(41-2)16-10-23)43(38,39)29-6-4-5-28(32)30(29)31-33-34-35-37(31)21-24-11-17-27(42-3)18-12-24/h4-18H,19-21H2,1-3H3. The van der Waals surface area contributed by atoms with E-state index in [1.165, 1.54) is 4.31 Å². The van der Waals surface area contributed by atoms with Gasteiger partial charge >= 0.3 is 0 Å². The van der Waals surface area contributed by atoms with Gasteiger partial charge in [-0.2, -0.15) is 4.31 Å². The Kier molecular flexibility index (Phi) is 9.39. The summed E-state index contributed by atoms with van der Waals surface area (Å²) in [5, 5.41) is 12.3. The van der Waals surface area contributed by atoms with Gasteiger partial charge in [-0.3, -0.25) is 0 Å². The topological polar surface area (TPSA) is 109 Å². The Morgan fingerprint density at radius 3 is 1.70 bits per heavy atom. The molecule has 0 saturated carbocycles. The van der Waals surface area contributed by atoms with Crippen molar-refractivity contribution in [2.75, 3.05) is 21.3 Å². The molecular formula is C31H30BrN5O5S. The molecule has 0 aliphatic rings. The Balaban J connectivity index is 1.55. The number of nitrogens with zero attached hydrogens (tertiary/aromatic N) is 5. The Hall–Kier alpha value is -4.26. The van der Waals surface area contributed by atoms with Crippen LogP contribution >= 0.6 is 15.9 Å². The van der Waals surface area contributed by atoms with Gasteiger partial charge in [-0.25, -0.2) is 13.1 Å². The van der Waals surface area contributed by atoms with E-state index in [1.54, 1.807) is 44.2 Å². The van der Waals surface area contributed by atoms with Gasteiger partial charge in [-0.05, 0) is 91.6 Å². The Labute approximate surface area is 259 Å². The second kappa shape index (κ2) is 13.4. The summed E-state index contributed by atoms with van der Waals surface area (Å²) in [5.74, 6) is 2.42. The third-order valence-corrected chi connectivity index (χ3v) is 9.37. The predicted octanol–water partition coefficient (Wildman–Crippen LogP) is 5.57. The minimum Gasteiger partial charge on any atom is -0.497 e. The number of hydrogen-bond acceptors (Lipinski definition) is 8. The number of tetrazole rings is 1. The van der Waals surface area contributed by atoms with E-state index in [0.29, 0.717) is 33.9 Å². The zero-order valence-corrected chi connectivity index (χ0v) is 26.2. The number of halogens is 1. The number of sulfonamides is 1. The lowest BCUT2D eigenvalue weighted by Crippen LogP contribution is -2.31. The van der Waals surface area contributed by atoms with E-state index >= 15 is 0 Å². The fourth-order valence-electron chi connectivity index (χ4n) is 4.56. The highest BCUT2D eigenvalue weighted by molar-refractivity contribution is 9.10. The van der Waals surface area contributed by atoms with Crippen LogP contribution in [0.4, 0.5) is 0 Å². The van der Waals surface area contributed by atoms with Crippen LogP contribution in [0.3, 0.4) is 0 Å². The second-order valence-corrected chi connectivity index (χ2v) is 12.4. The monoisotopic (exact) mass is 663 g/mol. The van der Waals surface area contributed by atoms with Crippen molar-refractivity contribution in [2.24, 2.45) is 0 Å². The predicted molar refractivity (Wildman–Crippen MR) is 165 cm³/mol. The summed E-state index contributed by atoms with van der Waals surface area (Å²) in [5.41, 5.74) is 2.90. The summed E-state index contributed by atoms with van der Waals surface area (Å²) in [6.45, 7) is 0.580. The number of rotatable bonds is 12. The average molecular weight is 665 g/mol. The molecule has 12 heteroatoms. The van der Waals surface area contributed by atoms with Crippen LogP contribution in [-0.2, 0) is 29.7 Å². The van der Waals surface area contributed by atoms with Crippen LogP contribution < -0.4 is 14.2 Å². The van der Waals surface area contributed by atoms with Crippen molar-refractivity contribution in [1.82, 2.24) is 24.5 Å². The average Bonchev–Trinajstić information content (AvgIpc) is 3.49. The summed E-state index contributed by atoms with van der Waals surface area (Å²) in [6, 6.07) is 27.2. The lowest BCUT2D eigenvalue weighted by atomic mass is 10.2. The van der Waals surface area contributed by atoms with Gasteiger partial charge in [0.2, 0.25) is 10.0 Å². The van der Waals surface area contributed by atoms with Crippen molar-refractivity contribution in [3.8, 4) is 28.6 Å². The zero-order valence-electron chi connectivity index (χ0n) is 23.8. The van der Waals surface area contributed by atoms with Crippen LogP contribution in [0.2, 0.25) is 0 Å². The number of benzene rings is 4. The largest absolute Gasteiger partial charge is 0.497 e. The molecule has 1 aromatic heterocycles. The quantitative estimate of drug-likeness (QED) is 0.171. The van der Waals surface area contributed by atoms with Crippen molar-refractivity contribution in [2.45, 2.75) is 24.5 Å². The molecule has 0 unspecified atom stereocenters. The van der Waals surface area contributed by atoms with Crippen molar-refractivity contribution >= 4 is 26.0 Å². The van der Waals surface area contributed by atoms with Gasteiger partial charge in [0, 0.05) is 17.6 Å². The highest BCUT2D eigenvalue weighted by Gasteiger charge is 2.31. The van der Waals surface area contributed by atoms with E-state index in [4.69, 9.17) is 14.2 Å². The molecule has 0 radical (unpaired) electrons. The Morgan fingerprint density at radius 2 is 1.21 bits per heavy atom. The van der Waals surface area contributed by atoms with Crippen LogP contribution in [0.1, 0.15) is 16.7 Å². The first-order valence-electron chi connectivity index (χ1n) is 13.3. The molecule has 1 heterocycles. The molecule has 0 saturated heterocycles. The van der Waals surface area contributed by atoms with Crippen molar-refractivity contribution in [3.05, 3.63) is 112 Å². The van der Waals surface area contributed by atoms with E-state index in [9.17, 15) is 8.42 Å². The molecule has 0 amide bonds. The van der Waals surface area contributed by atoms with Crippen LogP contribution in [0.15, 0.2) is 100 Å². The van der Waals surface area contributed by atoms with Gasteiger partial charge in [-0.15, -0.1) is 5.10 Å². The number of hydrogen-bond donors (Lipinski definition) is 0. The lowest BCUT2D eigenvalue weighted by Gasteiger charge is -2.24. The summed E-state index contributed by atoms with van der Waals surface area (Å²) in [7, 11) is 0.695. The highest BCUT2D eigenvalue weighted by Crippen LogP contribution is 2.36. The first-order valence-corrected chi connectivity index (χ1v) is 15.5. The fourth-order valence-corrected chi connectivity index (χ4v) is 6.87. The van der Waals surface area contributed by atoms with Gasteiger partial charge < -0.3 is 14.2 Å². The smallest absolute Gasteiger partial charge is 0.244 e. The first-order chi connectivity index (χ1) is 20.8. The summed E-state index contributed by atoms with van der Waals surface area (Å²) >= 11 is 3.58. The molecule has 5 rings (SSSR count). The molecule has 0 N–H and O–H groups in total. The minimum absolute atomic E-state index is 0.0784. The van der Waals surface area contributed by atoms with Crippen LogP contribution in [0.5, 0.6) is 17.2 Å². The maximum absolute atomic E-state index is 14.6. The third kappa shape index (κ3) is 6.87. The number of aromatic nitrogens is 4. The Bertz CT molecular complexity index is 1730. The van der Waals surface area contributed by atoms with Gasteiger partial charge in [0.15, 0.2) is 5.82 Å². The molecule has 0 aliphatic heterocycles. The zero-order chi connectivity index (χ0) is 30.4. The normalized spacial score (nSPS) is 11.5. The number of methoxy groups -OCH3 is 3. The van der Waals surface area contributed by atoms with Crippen molar-refractivity contribution < 1.29 is 22.6 Å². The van der Waals surface area contributed by atoms with Gasteiger partial charge in [-0.1, -0.05) is 42.5 Å². The van der Waals surface area contributed by atoms with E-state index in [0.717, 1.165) is 22.4 Å². The minimum atomic E-state index is -4.09. The van der Waals surface area contributed by atoms with E-state index in [1.807, 2.05) is 72.8 Å². The van der Waals surface area contributed by atoms with E-state index in [2.05, 4.69) is 31.5 Å². The third-order valence-electron chi connectivity index (χ3n) is 6.88. The first kappa shape index (κ1) is 30.2. The molecule has 5 aromatic rings. The molecule has 0 spiro atoms.